The van der Waals surface area contributed by atoms with Crippen molar-refractivity contribution in [3.63, 3.8) is 0 Å². The van der Waals surface area contributed by atoms with E-state index in [2.05, 4.69) is 38.3 Å². The van der Waals surface area contributed by atoms with Gasteiger partial charge in [-0.2, -0.15) is 5.10 Å². The number of likely N-dealkylation sites (N-methyl/N-ethyl adjacent to an activating group) is 1. The van der Waals surface area contributed by atoms with Crippen LogP contribution in [0.5, 0.6) is 17.2 Å². The summed E-state index contributed by atoms with van der Waals surface area (Å²) in [4.78, 5) is 38.8. The molecule has 2 amide bonds. The van der Waals surface area contributed by atoms with Crippen LogP contribution in [0, 0.1) is 5.92 Å². The lowest BCUT2D eigenvalue weighted by Crippen LogP contribution is -2.42. The number of hydrogen-bond acceptors (Lipinski definition) is 9. The van der Waals surface area contributed by atoms with Crippen LogP contribution >= 0.6 is 0 Å². The molecule has 48 heavy (non-hydrogen) atoms. The Labute approximate surface area is 281 Å². The third-order valence-corrected chi connectivity index (χ3v) is 9.45. The number of aromatic nitrogens is 3. The maximum Gasteiger partial charge on any atom is 0.253 e. The second kappa shape index (κ2) is 14.9. The van der Waals surface area contributed by atoms with E-state index in [1.807, 2.05) is 30.3 Å². The van der Waals surface area contributed by atoms with E-state index < -0.39 is 0 Å². The van der Waals surface area contributed by atoms with E-state index in [4.69, 9.17) is 19.2 Å². The number of ether oxygens (including phenoxy) is 3. The fourth-order valence-electron chi connectivity index (χ4n) is 6.81. The van der Waals surface area contributed by atoms with Crippen LogP contribution in [0.4, 0.5) is 5.82 Å². The van der Waals surface area contributed by atoms with Crippen molar-refractivity contribution in [1.82, 2.24) is 30.3 Å². The number of fused-ring (bicyclic) bond motifs is 5. The highest BCUT2D eigenvalue weighted by atomic mass is 16.5. The van der Waals surface area contributed by atoms with Crippen molar-refractivity contribution in [2.24, 2.45) is 5.92 Å². The molecule has 1 unspecified atom stereocenters. The summed E-state index contributed by atoms with van der Waals surface area (Å²) in [7, 11) is 4.84. The van der Waals surface area contributed by atoms with Gasteiger partial charge in [-0.15, -0.1) is 0 Å². The molecule has 2 bridgehead atoms. The van der Waals surface area contributed by atoms with Gasteiger partial charge in [0.2, 0.25) is 11.7 Å². The first-order valence-corrected chi connectivity index (χ1v) is 16.7. The number of hydrogen-bond donors (Lipinski definition) is 2. The van der Waals surface area contributed by atoms with E-state index in [0.717, 1.165) is 65.9 Å². The van der Waals surface area contributed by atoms with Gasteiger partial charge in [0.05, 0.1) is 33.0 Å². The standard InChI is InChI=1S/C36H45N7O5/c1-5-41-14-15-42(36(45)26-10-6-9-25(16-26)28-20-38-39-21-28)13-11-32(44)37-19-24-8-7-12-43(22-24)35-27(23-41)17-29-30(40-35)18-31(46-2)34(48-4)33(29)47-3/h6,9-10,16-18,20-21,24H,5,7-8,11-15,19,22-23H2,1-4H3,(H,37,44)(H,38,39). The number of aromatic amines is 1. The van der Waals surface area contributed by atoms with Crippen LogP contribution in [0.15, 0.2) is 48.8 Å². The molecule has 2 aromatic heterocycles. The number of carbonyl (C=O) groups excluding carboxylic acids is 2. The number of piperidine rings is 1. The normalized spacial score (nSPS) is 18.0. The average molecular weight is 656 g/mol. The number of amides is 2. The first-order valence-electron chi connectivity index (χ1n) is 16.7. The Morgan fingerprint density at radius 1 is 1.00 bits per heavy atom. The number of carbonyl (C=O) groups is 2. The molecule has 2 aromatic carbocycles. The first-order chi connectivity index (χ1) is 23.4. The number of nitrogens with zero attached hydrogens (tertiary/aromatic N) is 5. The van der Waals surface area contributed by atoms with Crippen molar-refractivity contribution in [3.8, 4) is 28.4 Å². The summed E-state index contributed by atoms with van der Waals surface area (Å²) in [5, 5.41) is 10.9. The van der Waals surface area contributed by atoms with Crippen LogP contribution in [-0.4, -0.2) is 104 Å². The molecule has 2 N–H and O–H groups in total. The summed E-state index contributed by atoms with van der Waals surface area (Å²) in [6.45, 7) is 7.19. The number of pyridine rings is 1. The molecular formula is C36H45N7O5. The molecule has 4 heterocycles. The number of rotatable bonds is 6. The third-order valence-electron chi connectivity index (χ3n) is 9.45. The van der Waals surface area contributed by atoms with Crippen LogP contribution in [-0.2, 0) is 11.3 Å². The highest BCUT2D eigenvalue weighted by Gasteiger charge is 2.27. The fraction of sp³-hybridized carbons (Fsp3) is 0.444. The van der Waals surface area contributed by atoms with Gasteiger partial charge in [-0.3, -0.25) is 19.6 Å². The molecule has 4 aromatic rings. The summed E-state index contributed by atoms with van der Waals surface area (Å²) in [5.74, 6) is 2.72. The minimum absolute atomic E-state index is 0.0445. The van der Waals surface area contributed by atoms with E-state index in [-0.39, 0.29) is 24.2 Å². The molecule has 1 fully saturated rings. The molecule has 2 aliphatic heterocycles. The zero-order chi connectivity index (χ0) is 33.6. The van der Waals surface area contributed by atoms with Gasteiger partial charge >= 0.3 is 0 Å². The molecule has 0 aliphatic carbocycles. The lowest BCUT2D eigenvalue weighted by molar-refractivity contribution is -0.121. The number of anilines is 1. The molecule has 6 rings (SSSR count). The monoisotopic (exact) mass is 655 g/mol. The average Bonchev–Trinajstić information content (AvgIpc) is 3.67. The summed E-state index contributed by atoms with van der Waals surface area (Å²) >= 11 is 0. The van der Waals surface area contributed by atoms with Crippen LogP contribution in [0.1, 0.15) is 42.1 Å². The molecule has 0 radical (unpaired) electrons. The third kappa shape index (κ3) is 7.03. The van der Waals surface area contributed by atoms with Crippen LogP contribution in [0.3, 0.4) is 0 Å². The Hall–Kier alpha value is -4.84. The molecular weight excluding hydrogens is 610 g/mol. The Morgan fingerprint density at radius 2 is 1.85 bits per heavy atom. The van der Waals surface area contributed by atoms with Gasteiger partial charge in [0.15, 0.2) is 11.5 Å². The van der Waals surface area contributed by atoms with Crippen molar-refractivity contribution in [1.29, 1.82) is 0 Å². The van der Waals surface area contributed by atoms with Gasteiger partial charge in [0.1, 0.15) is 5.82 Å². The fourth-order valence-corrected chi connectivity index (χ4v) is 6.81. The summed E-state index contributed by atoms with van der Waals surface area (Å²) < 4.78 is 17.2. The van der Waals surface area contributed by atoms with E-state index in [1.54, 1.807) is 38.6 Å². The first kappa shape index (κ1) is 33.1. The van der Waals surface area contributed by atoms with E-state index in [9.17, 15) is 9.59 Å². The van der Waals surface area contributed by atoms with Crippen molar-refractivity contribution < 1.29 is 23.8 Å². The molecule has 12 nitrogen and oxygen atoms in total. The van der Waals surface area contributed by atoms with Gasteiger partial charge in [0.25, 0.3) is 5.91 Å². The molecule has 1 atom stereocenters. The summed E-state index contributed by atoms with van der Waals surface area (Å²) in [5.41, 5.74) is 4.22. The quantitative estimate of drug-likeness (QED) is 0.312. The molecule has 0 spiro atoms. The van der Waals surface area contributed by atoms with Crippen molar-refractivity contribution in [2.75, 3.05) is 72.0 Å². The zero-order valence-electron chi connectivity index (χ0n) is 28.3. The van der Waals surface area contributed by atoms with Gasteiger partial charge in [-0.1, -0.05) is 19.1 Å². The second-order valence-electron chi connectivity index (χ2n) is 12.4. The topological polar surface area (TPSA) is 125 Å². The van der Waals surface area contributed by atoms with E-state index in [1.165, 1.54) is 0 Å². The second-order valence-corrected chi connectivity index (χ2v) is 12.4. The predicted octanol–water partition coefficient (Wildman–Crippen LogP) is 4.35. The number of nitrogens with one attached hydrogen (secondary N) is 2. The molecule has 0 saturated carbocycles. The number of benzene rings is 2. The predicted molar refractivity (Wildman–Crippen MR) is 185 cm³/mol. The number of methoxy groups -OCH3 is 3. The van der Waals surface area contributed by atoms with Crippen molar-refractivity contribution in [3.05, 3.63) is 59.9 Å². The Kier molecular flexibility index (Phi) is 10.3. The Morgan fingerprint density at radius 3 is 2.60 bits per heavy atom. The summed E-state index contributed by atoms with van der Waals surface area (Å²) in [6, 6.07) is 11.6. The van der Waals surface area contributed by atoms with E-state index in [0.29, 0.717) is 55.5 Å². The smallest absolute Gasteiger partial charge is 0.253 e. The van der Waals surface area contributed by atoms with Gasteiger partial charge in [-0.25, -0.2) is 4.98 Å². The number of H-pyrrole nitrogens is 1. The Balaban J connectivity index is 1.36. The van der Waals surface area contributed by atoms with Gasteiger partial charge in [0, 0.05) is 86.6 Å². The van der Waals surface area contributed by atoms with Crippen molar-refractivity contribution in [2.45, 2.75) is 32.7 Å². The summed E-state index contributed by atoms with van der Waals surface area (Å²) in [6.07, 6.45) is 5.82. The van der Waals surface area contributed by atoms with Crippen LogP contribution in [0.2, 0.25) is 0 Å². The maximum absolute atomic E-state index is 14.0. The molecule has 12 heteroatoms. The van der Waals surface area contributed by atoms with Gasteiger partial charge < -0.3 is 29.3 Å². The van der Waals surface area contributed by atoms with Gasteiger partial charge in [-0.05, 0) is 49.1 Å². The lowest BCUT2D eigenvalue weighted by atomic mass is 9.97. The van der Waals surface area contributed by atoms with E-state index >= 15 is 0 Å². The zero-order valence-corrected chi connectivity index (χ0v) is 28.3. The molecule has 254 valence electrons. The molecule has 2 aliphatic rings. The maximum atomic E-state index is 14.0. The Bertz CT molecular complexity index is 1740. The SMILES string of the molecule is CCN1CCN(C(=O)c2cccc(-c3cn[nH]c3)c2)CCC(=O)NCC2CCCN(C2)c2nc3cc(OC)c(OC)c(OC)c3cc2C1. The highest BCUT2D eigenvalue weighted by molar-refractivity contribution is 5.96. The van der Waals surface area contributed by atoms with Crippen LogP contribution < -0.4 is 24.4 Å². The minimum atomic E-state index is -0.102. The van der Waals surface area contributed by atoms with Crippen molar-refractivity contribution >= 4 is 28.5 Å². The minimum Gasteiger partial charge on any atom is -0.493 e. The highest BCUT2D eigenvalue weighted by Crippen LogP contribution is 2.44. The lowest BCUT2D eigenvalue weighted by Gasteiger charge is -2.35. The van der Waals surface area contributed by atoms with Crippen LogP contribution in [0.25, 0.3) is 22.0 Å². The molecule has 1 saturated heterocycles. The largest absolute Gasteiger partial charge is 0.493 e.